The van der Waals surface area contributed by atoms with Crippen molar-refractivity contribution in [2.75, 3.05) is 6.54 Å². The van der Waals surface area contributed by atoms with Crippen LogP contribution in [0.15, 0.2) is 28.9 Å². The molecule has 0 radical (unpaired) electrons. The Kier molecular flexibility index (Phi) is 4.33. The van der Waals surface area contributed by atoms with Gasteiger partial charge in [-0.05, 0) is 36.7 Å². The number of hydrogen-bond donors (Lipinski definition) is 1. The molecule has 0 amide bonds. The Bertz CT molecular complexity index is 527. The zero-order valence-electron chi connectivity index (χ0n) is 10.1. The average Bonchev–Trinajstić information content (AvgIpc) is 2.76. The molecule has 18 heavy (non-hydrogen) atoms. The summed E-state index contributed by atoms with van der Waals surface area (Å²) in [5.74, 6) is 0.812. The molecule has 0 saturated heterocycles. The molecule has 0 spiro atoms. The molecule has 6 heteroatoms. The molecule has 0 bridgehead atoms. The molecular weight excluding hydrogens is 296 g/mol. The molecule has 1 heterocycles. The molecule has 0 atom stereocenters. The Labute approximate surface area is 114 Å². The summed E-state index contributed by atoms with van der Waals surface area (Å²) in [4.78, 5) is 0. The molecule has 1 aromatic heterocycles. The van der Waals surface area contributed by atoms with E-state index in [1.54, 1.807) is 4.68 Å². The largest absolute Gasteiger partial charge is 0.487 e. The molecule has 2 N–H and O–H groups in total. The van der Waals surface area contributed by atoms with Gasteiger partial charge in [0.05, 0.1) is 6.20 Å². The summed E-state index contributed by atoms with van der Waals surface area (Å²) in [6, 6.07) is 5.88. The van der Waals surface area contributed by atoms with Gasteiger partial charge in [0.25, 0.3) is 0 Å². The Balaban J connectivity index is 2.03. The third-order valence-corrected chi connectivity index (χ3v) is 3.24. The highest BCUT2D eigenvalue weighted by Crippen LogP contribution is 2.23. The van der Waals surface area contributed by atoms with Crippen LogP contribution in [0, 0.1) is 0 Å². The third-order valence-electron chi connectivity index (χ3n) is 2.47. The first kappa shape index (κ1) is 13.0. The van der Waals surface area contributed by atoms with Gasteiger partial charge in [0.2, 0.25) is 0 Å². The highest BCUT2D eigenvalue weighted by atomic mass is 79.9. The van der Waals surface area contributed by atoms with Gasteiger partial charge in [-0.25, -0.2) is 0 Å². The van der Waals surface area contributed by atoms with Crippen LogP contribution in [-0.2, 0) is 20.1 Å². The predicted molar refractivity (Wildman–Crippen MR) is 72.2 cm³/mol. The fourth-order valence-electron chi connectivity index (χ4n) is 1.61. The molecule has 0 aliphatic rings. The Morgan fingerprint density at radius 3 is 2.94 bits per heavy atom. The van der Waals surface area contributed by atoms with Crippen LogP contribution in [0.1, 0.15) is 11.3 Å². The molecular formula is C12H15BrN4O. The quantitative estimate of drug-likeness (QED) is 0.912. The minimum atomic E-state index is 0.414. The standard InChI is InChI=1S/C12H15BrN4O/c1-17-7-10(15-16-17)8-18-11-2-3-12(13)9(6-11)4-5-14/h2-3,6-7H,4-5,8,14H2,1H3. The molecule has 2 rings (SSSR count). The lowest BCUT2D eigenvalue weighted by Gasteiger charge is -2.08. The number of benzene rings is 1. The maximum Gasteiger partial charge on any atom is 0.134 e. The number of rotatable bonds is 5. The normalized spacial score (nSPS) is 10.6. The first-order chi connectivity index (χ1) is 8.69. The van der Waals surface area contributed by atoms with Gasteiger partial charge in [0.1, 0.15) is 18.1 Å². The second-order valence-corrected chi connectivity index (χ2v) is 4.82. The van der Waals surface area contributed by atoms with Crippen molar-refractivity contribution in [1.29, 1.82) is 0 Å². The van der Waals surface area contributed by atoms with E-state index in [-0.39, 0.29) is 0 Å². The van der Waals surface area contributed by atoms with E-state index >= 15 is 0 Å². The second-order valence-electron chi connectivity index (χ2n) is 3.96. The van der Waals surface area contributed by atoms with Gasteiger partial charge in [-0.3, -0.25) is 4.68 Å². The smallest absolute Gasteiger partial charge is 0.134 e. The Morgan fingerprint density at radius 2 is 2.28 bits per heavy atom. The van der Waals surface area contributed by atoms with Crippen LogP contribution < -0.4 is 10.5 Å². The highest BCUT2D eigenvalue weighted by Gasteiger charge is 2.04. The van der Waals surface area contributed by atoms with Crippen LogP contribution >= 0.6 is 15.9 Å². The van der Waals surface area contributed by atoms with Crippen molar-refractivity contribution in [1.82, 2.24) is 15.0 Å². The molecule has 1 aromatic carbocycles. The van der Waals surface area contributed by atoms with Crippen molar-refractivity contribution < 1.29 is 4.74 Å². The van der Waals surface area contributed by atoms with Crippen LogP contribution in [0.25, 0.3) is 0 Å². The van der Waals surface area contributed by atoms with Crippen LogP contribution in [0.2, 0.25) is 0 Å². The first-order valence-corrected chi connectivity index (χ1v) is 6.45. The summed E-state index contributed by atoms with van der Waals surface area (Å²) in [6.45, 7) is 1.03. The molecule has 2 aromatic rings. The first-order valence-electron chi connectivity index (χ1n) is 5.65. The van der Waals surface area contributed by atoms with Gasteiger partial charge in [-0.2, -0.15) is 0 Å². The van der Waals surface area contributed by atoms with Gasteiger partial charge >= 0.3 is 0 Å². The predicted octanol–water partition coefficient (Wildman–Crippen LogP) is 1.66. The van der Waals surface area contributed by atoms with E-state index in [2.05, 4.69) is 26.2 Å². The summed E-state index contributed by atoms with van der Waals surface area (Å²) in [6.07, 6.45) is 2.66. The minimum Gasteiger partial charge on any atom is -0.487 e. The maximum absolute atomic E-state index is 5.67. The number of nitrogens with zero attached hydrogens (tertiary/aromatic N) is 3. The summed E-state index contributed by atoms with van der Waals surface area (Å²) < 4.78 is 8.38. The van der Waals surface area contributed by atoms with Crippen molar-refractivity contribution in [2.24, 2.45) is 12.8 Å². The van der Waals surface area contributed by atoms with E-state index in [0.717, 1.165) is 27.9 Å². The zero-order chi connectivity index (χ0) is 13.0. The van der Waals surface area contributed by atoms with Crippen molar-refractivity contribution in [3.05, 3.63) is 40.1 Å². The van der Waals surface area contributed by atoms with Gasteiger partial charge in [0.15, 0.2) is 0 Å². The van der Waals surface area contributed by atoms with E-state index in [4.69, 9.17) is 10.5 Å². The van der Waals surface area contributed by atoms with Crippen LogP contribution in [0.5, 0.6) is 5.75 Å². The zero-order valence-corrected chi connectivity index (χ0v) is 11.7. The number of hydrogen-bond acceptors (Lipinski definition) is 4. The molecule has 5 nitrogen and oxygen atoms in total. The molecule has 0 saturated carbocycles. The van der Waals surface area contributed by atoms with E-state index in [9.17, 15) is 0 Å². The fourth-order valence-corrected chi connectivity index (χ4v) is 2.05. The van der Waals surface area contributed by atoms with E-state index in [0.29, 0.717) is 13.2 Å². The highest BCUT2D eigenvalue weighted by molar-refractivity contribution is 9.10. The van der Waals surface area contributed by atoms with E-state index in [1.165, 1.54) is 0 Å². The number of ether oxygens (including phenoxy) is 1. The SMILES string of the molecule is Cn1cc(COc2ccc(Br)c(CCN)c2)nn1. The third kappa shape index (κ3) is 3.30. The Hall–Kier alpha value is -1.40. The van der Waals surface area contributed by atoms with E-state index in [1.807, 2.05) is 31.4 Å². The number of aromatic nitrogens is 3. The van der Waals surface area contributed by atoms with Crippen LogP contribution in [0.4, 0.5) is 0 Å². The molecule has 0 fully saturated rings. The van der Waals surface area contributed by atoms with Gasteiger partial charge in [-0.15, -0.1) is 5.10 Å². The van der Waals surface area contributed by atoms with Crippen molar-refractivity contribution >= 4 is 15.9 Å². The number of halogens is 1. The topological polar surface area (TPSA) is 66.0 Å². The fraction of sp³-hybridized carbons (Fsp3) is 0.333. The molecule has 0 aliphatic heterocycles. The maximum atomic E-state index is 5.67. The lowest BCUT2D eigenvalue weighted by molar-refractivity contribution is 0.301. The molecule has 0 aliphatic carbocycles. The van der Waals surface area contributed by atoms with Gasteiger partial charge < -0.3 is 10.5 Å². The van der Waals surface area contributed by atoms with Gasteiger partial charge in [0, 0.05) is 11.5 Å². The average molecular weight is 311 g/mol. The van der Waals surface area contributed by atoms with Crippen molar-refractivity contribution in [2.45, 2.75) is 13.0 Å². The van der Waals surface area contributed by atoms with E-state index < -0.39 is 0 Å². The Morgan fingerprint density at radius 1 is 1.44 bits per heavy atom. The second kappa shape index (κ2) is 5.97. The molecule has 96 valence electrons. The van der Waals surface area contributed by atoms with Crippen LogP contribution in [-0.4, -0.2) is 21.5 Å². The lowest BCUT2D eigenvalue weighted by Crippen LogP contribution is -2.04. The lowest BCUT2D eigenvalue weighted by atomic mass is 10.1. The summed E-state index contributed by atoms with van der Waals surface area (Å²) in [5.41, 5.74) is 7.52. The minimum absolute atomic E-state index is 0.414. The number of nitrogens with two attached hydrogens (primary N) is 1. The summed E-state index contributed by atoms with van der Waals surface area (Å²) >= 11 is 3.49. The van der Waals surface area contributed by atoms with Crippen molar-refractivity contribution in [3.63, 3.8) is 0 Å². The summed E-state index contributed by atoms with van der Waals surface area (Å²) in [5, 5.41) is 7.82. The number of aryl methyl sites for hydroxylation is 1. The van der Waals surface area contributed by atoms with Crippen molar-refractivity contribution in [3.8, 4) is 5.75 Å². The molecule has 0 unspecified atom stereocenters. The summed E-state index contributed by atoms with van der Waals surface area (Å²) in [7, 11) is 1.83. The van der Waals surface area contributed by atoms with Gasteiger partial charge in [-0.1, -0.05) is 21.1 Å². The monoisotopic (exact) mass is 310 g/mol. The van der Waals surface area contributed by atoms with Crippen LogP contribution in [0.3, 0.4) is 0 Å².